The van der Waals surface area contributed by atoms with Crippen molar-refractivity contribution >= 4 is 34.5 Å². The molecule has 1 N–H and O–H groups in total. The van der Waals surface area contributed by atoms with E-state index in [2.05, 4.69) is 16.3 Å². The molecule has 0 spiro atoms. The molecule has 2 amide bonds. The van der Waals surface area contributed by atoms with Gasteiger partial charge in [-0.15, -0.1) is 11.3 Å². The van der Waals surface area contributed by atoms with Gasteiger partial charge in [-0.3, -0.25) is 9.59 Å². The van der Waals surface area contributed by atoms with Gasteiger partial charge in [0.05, 0.1) is 12.0 Å². The van der Waals surface area contributed by atoms with Gasteiger partial charge in [-0.1, -0.05) is 12.1 Å². The number of ether oxygens (including phenoxy) is 1. The highest BCUT2D eigenvalue weighted by molar-refractivity contribution is 7.12. The maximum atomic E-state index is 12.9. The Morgan fingerprint density at radius 1 is 0.967 bits per heavy atom. The number of anilines is 2. The van der Waals surface area contributed by atoms with Gasteiger partial charge in [-0.25, -0.2) is 0 Å². The number of amides is 2. The first-order chi connectivity index (χ1) is 14.6. The van der Waals surface area contributed by atoms with E-state index in [1.54, 1.807) is 37.4 Å². The van der Waals surface area contributed by atoms with E-state index in [0.29, 0.717) is 29.2 Å². The van der Waals surface area contributed by atoms with Gasteiger partial charge in [0.2, 0.25) is 0 Å². The molecule has 0 aliphatic carbocycles. The lowest BCUT2D eigenvalue weighted by atomic mass is 10.1. The fourth-order valence-corrected chi connectivity index (χ4v) is 4.07. The molecular formula is C23H23N3O3S. The molecule has 0 bridgehead atoms. The first kappa shape index (κ1) is 20.0. The number of carbonyl (C=O) groups is 2. The van der Waals surface area contributed by atoms with E-state index in [4.69, 9.17) is 4.74 Å². The highest BCUT2D eigenvalue weighted by atomic mass is 32.1. The summed E-state index contributed by atoms with van der Waals surface area (Å²) in [7, 11) is 1.66. The third-order valence-corrected chi connectivity index (χ3v) is 5.99. The number of nitrogens with zero attached hydrogens (tertiary/aromatic N) is 2. The van der Waals surface area contributed by atoms with Crippen molar-refractivity contribution in [2.75, 3.05) is 43.5 Å². The molecule has 3 aromatic rings. The molecule has 4 rings (SSSR count). The van der Waals surface area contributed by atoms with Crippen LogP contribution >= 0.6 is 11.3 Å². The highest BCUT2D eigenvalue weighted by Gasteiger charge is 2.22. The molecule has 154 valence electrons. The summed E-state index contributed by atoms with van der Waals surface area (Å²) in [4.78, 5) is 29.8. The van der Waals surface area contributed by atoms with E-state index in [1.165, 1.54) is 11.3 Å². The fraction of sp³-hybridized carbons (Fsp3) is 0.217. The monoisotopic (exact) mass is 421 g/mol. The van der Waals surface area contributed by atoms with Gasteiger partial charge in [-0.2, -0.15) is 0 Å². The number of hydrogen-bond acceptors (Lipinski definition) is 5. The minimum atomic E-state index is -0.141. The topological polar surface area (TPSA) is 61.9 Å². The SMILES string of the molecule is COc1cccc(N2CCN(C(=O)c3ccc(NC(=O)c4cccs4)cc3)CC2)c1. The van der Waals surface area contributed by atoms with Crippen LogP contribution in [0.3, 0.4) is 0 Å². The molecule has 0 saturated carbocycles. The number of rotatable bonds is 5. The Bertz CT molecular complexity index is 1010. The quantitative estimate of drug-likeness (QED) is 0.677. The van der Waals surface area contributed by atoms with Gasteiger partial charge >= 0.3 is 0 Å². The standard InChI is InChI=1S/C23H23N3O3S/c1-29-20-5-2-4-19(16-20)25-11-13-26(14-12-25)23(28)17-7-9-18(10-8-17)24-22(27)21-6-3-15-30-21/h2-10,15-16H,11-14H2,1H3,(H,24,27). The lowest BCUT2D eigenvalue weighted by molar-refractivity contribution is 0.0746. The lowest BCUT2D eigenvalue weighted by Crippen LogP contribution is -2.48. The normalized spacial score (nSPS) is 13.8. The summed E-state index contributed by atoms with van der Waals surface area (Å²) < 4.78 is 5.30. The predicted octanol–water partition coefficient (Wildman–Crippen LogP) is 3.97. The van der Waals surface area contributed by atoms with Gasteiger partial charge in [0.1, 0.15) is 5.75 Å². The van der Waals surface area contributed by atoms with Crippen LogP contribution in [0.5, 0.6) is 5.75 Å². The van der Waals surface area contributed by atoms with Crippen molar-refractivity contribution in [2.24, 2.45) is 0 Å². The van der Waals surface area contributed by atoms with E-state index in [0.717, 1.165) is 24.5 Å². The van der Waals surface area contributed by atoms with Crippen molar-refractivity contribution in [3.05, 3.63) is 76.5 Å². The van der Waals surface area contributed by atoms with Crippen molar-refractivity contribution in [3.8, 4) is 5.75 Å². The second-order valence-corrected chi connectivity index (χ2v) is 7.94. The fourth-order valence-electron chi connectivity index (χ4n) is 3.45. The van der Waals surface area contributed by atoms with Crippen LogP contribution in [-0.2, 0) is 0 Å². The molecule has 6 nitrogen and oxygen atoms in total. The average molecular weight is 422 g/mol. The second kappa shape index (κ2) is 9.00. The Morgan fingerprint density at radius 2 is 1.73 bits per heavy atom. The summed E-state index contributed by atoms with van der Waals surface area (Å²) in [5.74, 6) is 0.700. The minimum Gasteiger partial charge on any atom is -0.497 e. The maximum absolute atomic E-state index is 12.9. The molecular weight excluding hydrogens is 398 g/mol. The zero-order chi connectivity index (χ0) is 20.9. The van der Waals surface area contributed by atoms with Crippen LogP contribution in [-0.4, -0.2) is 50.0 Å². The van der Waals surface area contributed by atoms with Crippen molar-refractivity contribution in [3.63, 3.8) is 0 Å². The number of carbonyl (C=O) groups excluding carboxylic acids is 2. The first-order valence-electron chi connectivity index (χ1n) is 9.77. The second-order valence-electron chi connectivity index (χ2n) is 6.99. The summed E-state index contributed by atoms with van der Waals surface area (Å²) in [6.07, 6.45) is 0. The van der Waals surface area contributed by atoms with Crippen molar-refractivity contribution in [1.29, 1.82) is 0 Å². The Hall–Kier alpha value is -3.32. The van der Waals surface area contributed by atoms with Crippen LogP contribution in [0.25, 0.3) is 0 Å². The summed E-state index contributed by atoms with van der Waals surface area (Å²) in [5, 5.41) is 4.72. The van der Waals surface area contributed by atoms with Crippen LogP contribution in [0.15, 0.2) is 66.0 Å². The van der Waals surface area contributed by atoms with E-state index in [-0.39, 0.29) is 11.8 Å². The number of methoxy groups -OCH3 is 1. The zero-order valence-corrected chi connectivity index (χ0v) is 17.5. The number of hydrogen-bond donors (Lipinski definition) is 1. The zero-order valence-electron chi connectivity index (χ0n) is 16.7. The maximum Gasteiger partial charge on any atom is 0.265 e. The first-order valence-corrected chi connectivity index (χ1v) is 10.7. The van der Waals surface area contributed by atoms with Crippen molar-refractivity contribution in [1.82, 2.24) is 4.90 Å². The molecule has 2 aromatic carbocycles. The van der Waals surface area contributed by atoms with Crippen LogP contribution in [0.2, 0.25) is 0 Å². The Kier molecular flexibility index (Phi) is 5.99. The van der Waals surface area contributed by atoms with Gasteiger partial charge in [0.25, 0.3) is 11.8 Å². The van der Waals surface area contributed by atoms with Gasteiger partial charge < -0.3 is 19.9 Å². The largest absolute Gasteiger partial charge is 0.497 e. The number of nitrogens with one attached hydrogen (secondary N) is 1. The third-order valence-electron chi connectivity index (χ3n) is 5.12. The van der Waals surface area contributed by atoms with Crippen LogP contribution < -0.4 is 15.0 Å². The molecule has 0 unspecified atom stereocenters. The van der Waals surface area contributed by atoms with Crippen LogP contribution in [0.4, 0.5) is 11.4 Å². The molecule has 1 aliphatic rings. The number of piperazine rings is 1. The van der Waals surface area contributed by atoms with Crippen LogP contribution in [0, 0.1) is 0 Å². The molecule has 0 radical (unpaired) electrons. The van der Waals surface area contributed by atoms with Gasteiger partial charge in [0.15, 0.2) is 0 Å². The Balaban J connectivity index is 1.34. The Morgan fingerprint density at radius 3 is 2.40 bits per heavy atom. The van der Waals surface area contributed by atoms with Gasteiger partial charge in [0, 0.05) is 49.2 Å². The molecule has 1 aromatic heterocycles. The smallest absolute Gasteiger partial charge is 0.265 e. The van der Waals surface area contributed by atoms with Gasteiger partial charge in [-0.05, 0) is 47.8 Å². The van der Waals surface area contributed by atoms with Crippen LogP contribution in [0.1, 0.15) is 20.0 Å². The Labute approximate surface area is 179 Å². The summed E-state index contributed by atoms with van der Waals surface area (Å²) >= 11 is 1.39. The predicted molar refractivity (Wildman–Crippen MR) is 120 cm³/mol. The molecule has 7 heteroatoms. The van der Waals surface area contributed by atoms with E-state index in [9.17, 15) is 9.59 Å². The highest BCUT2D eigenvalue weighted by Crippen LogP contribution is 2.23. The molecule has 30 heavy (non-hydrogen) atoms. The summed E-state index contributed by atoms with van der Waals surface area (Å²) in [5.41, 5.74) is 2.40. The molecule has 0 atom stereocenters. The molecule has 2 heterocycles. The minimum absolute atomic E-state index is 0.0106. The molecule has 1 aliphatic heterocycles. The molecule has 1 saturated heterocycles. The van der Waals surface area contributed by atoms with Crippen molar-refractivity contribution < 1.29 is 14.3 Å². The summed E-state index contributed by atoms with van der Waals surface area (Å²) in [6, 6.07) is 18.7. The van der Waals surface area contributed by atoms with E-state index >= 15 is 0 Å². The third kappa shape index (κ3) is 4.46. The van der Waals surface area contributed by atoms with E-state index in [1.807, 2.05) is 34.5 Å². The average Bonchev–Trinajstić information content (AvgIpc) is 3.34. The van der Waals surface area contributed by atoms with E-state index < -0.39 is 0 Å². The lowest BCUT2D eigenvalue weighted by Gasteiger charge is -2.36. The molecule has 1 fully saturated rings. The summed E-state index contributed by atoms with van der Waals surface area (Å²) in [6.45, 7) is 2.86. The van der Waals surface area contributed by atoms with Crippen molar-refractivity contribution in [2.45, 2.75) is 0 Å². The number of benzene rings is 2. The number of thiophene rings is 1.